The monoisotopic (exact) mass is 470 g/mol. The minimum absolute atomic E-state index is 0.0160. The quantitative estimate of drug-likeness (QED) is 0.350. The number of aromatic carboxylic acids is 1. The molecule has 2 aromatic carbocycles. The number of aliphatic imine (C=N–C) groups is 1. The molecule has 0 radical (unpaired) electrons. The van der Waals surface area contributed by atoms with Gasteiger partial charge in [0.1, 0.15) is 11.6 Å². The van der Waals surface area contributed by atoms with Crippen molar-refractivity contribution in [3.8, 4) is 5.69 Å². The fourth-order valence-corrected chi connectivity index (χ4v) is 3.10. The van der Waals surface area contributed by atoms with Crippen LogP contribution in [0, 0.1) is 5.82 Å². The highest BCUT2D eigenvalue weighted by molar-refractivity contribution is 6.34. The van der Waals surface area contributed by atoms with Gasteiger partial charge in [-0.25, -0.2) is 18.3 Å². The van der Waals surface area contributed by atoms with Gasteiger partial charge in [-0.15, -0.1) is 0 Å². The number of carboxylic acids is 1. The lowest BCUT2D eigenvalue weighted by Crippen LogP contribution is -2.16. The molecule has 1 aromatic heterocycles. The lowest BCUT2D eigenvalue weighted by Gasteiger charge is -2.12. The third-order valence-corrected chi connectivity index (χ3v) is 4.70. The molecule has 33 heavy (non-hydrogen) atoms. The van der Waals surface area contributed by atoms with Crippen LogP contribution >= 0.6 is 11.6 Å². The molecule has 1 heterocycles. The van der Waals surface area contributed by atoms with Crippen molar-refractivity contribution in [3.05, 3.63) is 94.2 Å². The van der Waals surface area contributed by atoms with Crippen molar-refractivity contribution in [1.29, 1.82) is 0 Å². The number of allylic oxidation sites excluding steroid dienone is 3. The standard InChI is InChI=1S/C23H17ClF2N4O3/c1-13(25)8-9-19(27-2)16-10-15(17(24)11-18(16)26)22(31)28-21-12-20(23(32)33)29-30(21)14-6-4-3-5-7-14/h3-12H,2H2,1H3,(H,28,31)(H,32,33)/b13-8+,19-9-. The average molecular weight is 471 g/mol. The summed E-state index contributed by atoms with van der Waals surface area (Å²) in [5.41, 5.74) is -0.0612. The van der Waals surface area contributed by atoms with Gasteiger partial charge in [-0.3, -0.25) is 9.79 Å². The molecule has 168 valence electrons. The molecule has 1 amide bonds. The zero-order valence-corrected chi connectivity index (χ0v) is 18.0. The minimum atomic E-state index is -1.29. The normalized spacial score (nSPS) is 11.9. The number of para-hydroxylation sites is 1. The number of nitrogens with zero attached hydrogens (tertiary/aromatic N) is 3. The Labute approximate surface area is 192 Å². The Kier molecular flexibility index (Phi) is 7.14. The maximum absolute atomic E-state index is 14.5. The van der Waals surface area contributed by atoms with Gasteiger partial charge in [-0.1, -0.05) is 29.8 Å². The van der Waals surface area contributed by atoms with E-state index in [4.69, 9.17) is 11.6 Å². The first-order chi connectivity index (χ1) is 15.7. The number of anilines is 1. The molecule has 0 spiro atoms. The maximum Gasteiger partial charge on any atom is 0.356 e. The van der Waals surface area contributed by atoms with E-state index < -0.39 is 23.5 Å². The fourth-order valence-electron chi connectivity index (χ4n) is 2.87. The Bertz CT molecular complexity index is 1300. The van der Waals surface area contributed by atoms with Crippen molar-refractivity contribution in [1.82, 2.24) is 9.78 Å². The molecule has 10 heteroatoms. The molecule has 0 aliphatic carbocycles. The summed E-state index contributed by atoms with van der Waals surface area (Å²) in [7, 11) is 0. The van der Waals surface area contributed by atoms with E-state index in [0.717, 1.165) is 18.2 Å². The molecule has 3 aromatic rings. The first-order valence-corrected chi connectivity index (χ1v) is 9.79. The topological polar surface area (TPSA) is 96.6 Å². The van der Waals surface area contributed by atoms with Crippen LogP contribution < -0.4 is 5.32 Å². The van der Waals surface area contributed by atoms with Crippen molar-refractivity contribution >= 4 is 41.7 Å². The molecule has 0 saturated heterocycles. The number of halogens is 3. The van der Waals surface area contributed by atoms with Crippen molar-refractivity contribution < 1.29 is 23.5 Å². The smallest absolute Gasteiger partial charge is 0.356 e. The first-order valence-electron chi connectivity index (χ1n) is 9.41. The summed E-state index contributed by atoms with van der Waals surface area (Å²) in [6.07, 6.45) is 2.28. The predicted octanol–water partition coefficient (Wildman–Crippen LogP) is 5.53. The van der Waals surface area contributed by atoms with E-state index in [1.54, 1.807) is 30.3 Å². The molecule has 0 atom stereocenters. The largest absolute Gasteiger partial charge is 0.476 e. The van der Waals surface area contributed by atoms with Gasteiger partial charge in [-0.2, -0.15) is 5.10 Å². The molecular formula is C23H17ClF2N4O3. The van der Waals surface area contributed by atoms with E-state index in [1.165, 1.54) is 23.7 Å². The van der Waals surface area contributed by atoms with E-state index in [0.29, 0.717) is 5.69 Å². The van der Waals surface area contributed by atoms with Gasteiger partial charge >= 0.3 is 5.97 Å². The third kappa shape index (κ3) is 5.39. The average Bonchev–Trinajstić information content (AvgIpc) is 3.19. The van der Waals surface area contributed by atoms with Crippen LogP contribution in [0.3, 0.4) is 0 Å². The third-order valence-electron chi connectivity index (χ3n) is 4.39. The molecule has 0 fully saturated rings. The van der Waals surface area contributed by atoms with Crippen molar-refractivity contribution in [2.24, 2.45) is 4.99 Å². The van der Waals surface area contributed by atoms with Gasteiger partial charge in [0.05, 0.1) is 27.8 Å². The molecule has 7 nitrogen and oxygen atoms in total. The van der Waals surface area contributed by atoms with Gasteiger partial charge in [-0.05, 0) is 50.1 Å². The summed E-state index contributed by atoms with van der Waals surface area (Å²) in [6.45, 7) is 4.55. The lowest BCUT2D eigenvalue weighted by molar-refractivity contribution is 0.0689. The van der Waals surface area contributed by atoms with Crippen LogP contribution in [0.1, 0.15) is 33.3 Å². The van der Waals surface area contributed by atoms with E-state index in [-0.39, 0.29) is 33.4 Å². The summed E-state index contributed by atoms with van der Waals surface area (Å²) in [6, 6.07) is 11.8. The SMILES string of the molecule is C=N/C(=C\C=C(/C)F)c1cc(C(=O)Nc2cc(C(=O)O)nn2-c2ccccc2)c(Cl)cc1F. The minimum Gasteiger partial charge on any atom is -0.476 e. The molecule has 0 unspecified atom stereocenters. The Morgan fingerprint density at radius 3 is 2.48 bits per heavy atom. The van der Waals surface area contributed by atoms with Crippen LogP contribution in [-0.2, 0) is 0 Å². The summed E-state index contributed by atoms with van der Waals surface area (Å²) in [5.74, 6) is -3.31. The van der Waals surface area contributed by atoms with Crippen LogP contribution in [0.25, 0.3) is 11.4 Å². The Morgan fingerprint density at radius 2 is 1.88 bits per heavy atom. The number of carbonyl (C=O) groups is 2. The number of hydrogen-bond donors (Lipinski definition) is 2. The molecule has 3 rings (SSSR count). The molecular weight excluding hydrogens is 454 g/mol. The van der Waals surface area contributed by atoms with Gasteiger partial charge in [0.2, 0.25) is 0 Å². The number of benzene rings is 2. The zero-order chi connectivity index (χ0) is 24.1. The number of nitrogens with one attached hydrogen (secondary N) is 1. The number of rotatable bonds is 7. The van der Waals surface area contributed by atoms with Crippen molar-refractivity contribution in [3.63, 3.8) is 0 Å². The molecule has 0 aliphatic rings. The van der Waals surface area contributed by atoms with E-state index in [9.17, 15) is 23.5 Å². The number of carbonyl (C=O) groups excluding carboxylic acids is 1. The Hall–Kier alpha value is -4.11. The number of aromatic nitrogens is 2. The maximum atomic E-state index is 14.5. The van der Waals surface area contributed by atoms with Gasteiger partial charge in [0.25, 0.3) is 5.91 Å². The molecule has 0 saturated carbocycles. The first kappa shape index (κ1) is 23.6. The van der Waals surface area contributed by atoms with Crippen molar-refractivity contribution in [2.45, 2.75) is 6.92 Å². The van der Waals surface area contributed by atoms with Crippen LogP contribution in [0.4, 0.5) is 14.6 Å². The second-order valence-electron chi connectivity index (χ2n) is 6.70. The van der Waals surface area contributed by atoms with Gasteiger partial charge in [0.15, 0.2) is 5.69 Å². The Balaban J connectivity index is 2.04. The van der Waals surface area contributed by atoms with Crippen LogP contribution in [0.5, 0.6) is 0 Å². The van der Waals surface area contributed by atoms with Gasteiger partial charge in [0, 0.05) is 11.6 Å². The van der Waals surface area contributed by atoms with Gasteiger partial charge < -0.3 is 10.4 Å². The summed E-state index contributed by atoms with van der Waals surface area (Å²) in [4.78, 5) is 28.1. The number of amides is 1. The van der Waals surface area contributed by atoms with Crippen molar-refractivity contribution in [2.75, 3.05) is 5.32 Å². The van der Waals surface area contributed by atoms with E-state index >= 15 is 0 Å². The Morgan fingerprint density at radius 1 is 1.18 bits per heavy atom. The predicted molar refractivity (Wildman–Crippen MR) is 122 cm³/mol. The highest BCUT2D eigenvalue weighted by Gasteiger charge is 2.20. The zero-order valence-electron chi connectivity index (χ0n) is 17.2. The highest BCUT2D eigenvalue weighted by atomic mass is 35.5. The fraction of sp³-hybridized carbons (Fsp3) is 0.0435. The second-order valence-corrected chi connectivity index (χ2v) is 7.10. The summed E-state index contributed by atoms with van der Waals surface area (Å²) in [5, 5.41) is 15.7. The van der Waals surface area contributed by atoms with E-state index in [2.05, 4.69) is 22.1 Å². The van der Waals surface area contributed by atoms with E-state index in [1.807, 2.05) is 0 Å². The summed E-state index contributed by atoms with van der Waals surface area (Å²) >= 11 is 6.10. The number of carboxylic acid groups (broad SMARTS) is 1. The van der Waals surface area contributed by atoms with Crippen LogP contribution in [0.15, 0.2) is 71.5 Å². The lowest BCUT2D eigenvalue weighted by atomic mass is 10.1. The van der Waals surface area contributed by atoms with Crippen LogP contribution in [-0.4, -0.2) is 33.5 Å². The summed E-state index contributed by atoms with van der Waals surface area (Å²) < 4.78 is 28.9. The highest BCUT2D eigenvalue weighted by Crippen LogP contribution is 2.28. The van der Waals surface area contributed by atoms with Crippen LogP contribution in [0.2, 0.25) is 5.02 Å². The number of hydrogen-bond acceptors (Lipinski definition) is 4. The molecule has 0 bridgehead atoms. The molecule has 0 aliphatic heterocycles. The molecule has 2 N–H and O–H groups in total. The second kappa shape index (κ2) is 10.0.